The zero-order chi connectivity index (χ0) is 12.7. The summed E-state index contributed by atoms with van der Waals surface area (Å²) >= 11 is 1.64. The van der Waals surface area contributed by atoms with Gasteiger partial charge in [0.25, 0.3) is 0 Å². The van der Waals surface area contributed by atoms with Gasteiger partial charge >= 0.3 is 5.97 Å². The van der Waals surface area contributed by atoms with Gasteiger partial charge in [0.2, 0.25) is 0 Å². The van der Waals surface area contributed by atoms with Gasteiger partial charge in [-0.3, -0.25) is 0 Å². The number of thiazole rings is 1. The zero-order valence-electron chi connectivity index (χ0n) is 9.92. The number of ether oxygens (including phenoxy) is 1. The monoisotopic (exact) mass is 263 g/mol. The average molecular weight is 263 g/mol. The summed E-state index contributed by atoms with van der Waals surface area (Å²) in [5.41, 5.74) is 1.49. The average Bonchev–Trinajstić information content (AvgIpc) is 3.16. The summed E-state index contributed by atoms with van der Waals surface area (Å²) in [7, 11) is 1.27. The minimum absolute atomic E-state index is 0.556. The van der Waals surface area contributed by atoms with Gasteiger partial charge in [0.1, 0.15) is 0 Å². The summed E-state index contributed by atoms with van der Waals surface area (Å²) in [5.74, 6) is -0.0161. The number of aliphatic hydroxyl groups excluding tert-OH is 1. The van der Waals surface area contributed by atoms with Crippen LogP contribution in [0.4, 0.5) is 0 Å². The van der Waals surface area contributed by atoms with Crippen molar-refractivity contribution in [2.24, 2.45) is 0 Å². The van der Waals surface area contributed by atoms with E-state index in [1.54, 1.807) is 17.4 Å². The normalized spacial score (nSPS) is 16.8. The second-order valence-corrected chi connectivity index (χ2v) is 5.54. The first-order valence-electron chi connectivity index (χ1n) is 5.85. The van der Waals surface area contributed by atoms with Crippen molar-refractivity contribution in [3.8, 4) is 0 Å². The molecule has 18 heavy (non-hydrogen) atoms. The lowest BCUT2D eigenvalue weighted by atomic mass is 10.1. The molecule has 1 aromatic carbocycles. The fourth-order valence-electron chi connectivity index (χ4n) is 1.88. The van der Waals surface area contributed by atoms with Crippen LogP contribution in [0, 0.1) is 0 Å². The van der Waals surface area contributed by atoms with Crippen LogP contribution in [0.25, 0.3) is 10.2 Å². The van der Waals surface area contributed by atoms with Crippen molar-refractivity contribution in [2.75, 3.05) is 7.11 Å². The number of carbonyl (C=O) groups excluding carboxylic acids is 1. The molecule has 1 heterocycles. The molecular formula is C13H13NO3S. The summed E-state index contributed by atoms with van der Waals surface area (Å²) in [6.07, 6.45) is 1.22. The number of aliphatic hydroxyl groups is 1. The van der Waals surface area contributed by atoms with Crippen molar-refractivity contribution in [1.82, 2.24) is 4.98 Å². The molecule has 0 radical (unpaired) electrons. The molecule has 0 bridgehead atoms. The highest BCUT2D eigenvalue weighted by molar-refractivity contribution is 7.18. The first-order valence-corrected chi connectivity index (χ1v) is 6.67. The van der Waals surface area contributed by atoms with Crippen molar-refractivity contribution in [3.63, 3.8) is 0 Å². The van der Waals surface area contributed by atoms with Gasteiger partial charge in [-0.25, -0.2) is 9.78 Å². The Balaban J connectivity index is 1.96. The van der Waals surface area contributed by atoms with Crippen LogP contribution in [-0.4, -0.2) is 23.2 Å². The molecule has 1 atom stereocenters. The molecule has 3 rings (SSSR count). The van der Waals surface area contributed by atoms with E-state index in [0.29, 0.717) is 11.5 Å². The van der Waals surface area contributed by atoms with Crippen LogP contribution < -0.4 is 0 Å². The van der Waals surface area contributed by atoms with E-state index in [-0.39, 0.29) is 0 Å². The largest absolute Gasteiger partial charge is 0.467 e. The SMILES string of the molecule is COC(=O)C(O)c1ccc2nc(C3CC3)sc2c1. The quantitative estimate of drug-likeness (QED) is 0.864. The van der Waals surface area contributed by atoms with E-state index >= 15 is 0 Å². The third kappa shape index (κ3) is 2.00. The minimum Gasteiger partial charge on any atom is -0.467 e. The van der Waals surface area contributed by atoms with Crippen LogP contribution in [0.3, 0.4) is 0 Å². The topological polar surface area (TPSA) is 59.4 Å². The molecular weight excluding hydrogens is 250 g/mol. The first kappa shape index (κ1) is 11.6. The van der Waals surface area contributed by atoms with E-state index in [0.717, 1.165) is 15.2 Å². The van der Waals surface area contributed by atoms with Crippen LogP contribution in [0.15, 0.2) is 18.2 Å². The second kappa shape index (κ2) is 4.33. The number of hydrogen-bond donors (Lipinski definition) is 1. The number of nitrogens with zero attached hydrogens (tertiary/aromatic N) is 1. The second-order valence-electron chi connectivity index (χ2n) is 4.48. The van der Waals surface area contributed by atoms with E-state index < -0.39 is 12.1 Å². The van der Waals surface area contributed by atoms with Crippen LogP contribution in [0.1, 0.15) is 35.4 Å². The van der Waals surface area contributed by atoms with Crippen molar-refractivity contribution in [2.45, 2.75) is 24.9 Å². The van der Waals surface area contributed by atoms with Gasteiger partial charge in [0, 0.05) is 5.92 Å². The van der Waals surface area contributed by atoms with Crippen LogP contribution >= 0.6 is 11.3 Å². The lowest BCUT2D eigenvalue weighted by molar-refractivity contribution is -0.150. The van der Waals surface area contributed by atoms with Gasteiger partial charge in [-0.1, -0.05) is 6.07 Å². The number of benzene rings is 1. The Bertz CT molecular complexity index is 603. The summed E-state index contributed by atoms with van der Waals surface area (Å²) in [6, 6.07) is 5.39. The van der Waals surface area contributed by atoms with Gasteiger partial charge in [-0.2, -0.15) is 0 Å². The maximum absolute atomic E-state index is 11.3. The summed E-state index contributed by atoms with van der Waals surface area (Å²) in [4.78, 5) is 15.8. The number of rotatable bonds is 3. The lowest BCUT2D eigenvalue weighted by Gasteiger charge is -2.07. The van der Waals surface area contributed by atoms with Crippen LogP contribution in [0.5, 0.6) is 0 Å². The molecule has 0 saturated heterocycles. The lowest BCUT2D eigenvalue weighted by Crippen LogP contribution is -2.13. The molecule has 94 valence electrons. The Morgan fingerprint density at radius 2 is 2.33 bits per heavy atom. The van der Waals surface area contributed by atoms with E-state index in [9.17, 15) is 9.90 Å². The zero-order valence-corrected chi connectivity index (χ0v) is 10.7. The Hall–Kier alpha value is -1.46. The third-order valence-corrected chi connectivity index (χ3v) is 4.28. The molecule has 1 aromatic heterocycles. The number of aromatic nitrogens is 1. The van der Waals surface area contributed by atoms with E-state index in [1.165, 1.54) is 20.0 Å². The third-order valence-electron chi connectivity index (χ3n) is 3.10. The molecule has 2 aromatic rings. The van der Waals surface area contributed by atoms with Crippen molar-refractivity contribution >= 4 is 27.5 Å². The number of carbonyl (C=O) groups is 1. The molecule has 1 saturated carbocycles. The molecule has 1 aliphatic rings. The van der Waals surface area contributed by atoms with Crippen LogP contribution in [-0.2, 0) is 9.53 Å². The fraction of sp³-hybridized carbons (Fsp3) is 0.385. The van der Waals surface area contributed by atoms with Gasteiger partial charge in [-0.15, -0.1) is 11.3 Å². The minimum atomic E-state index is -1.22. The molecule has 0 spiro atoms. The van der Waals surface area contributed by atoms with Crippen molar-refractivity contribution in [1.29, 1.82) is 0 Å². The molecule has 0 aliphatic heterocycles. The Labute approximate surface area is 108 Å². The van der Waals surface area contributed by atoms with Crippen molar-refractivity contribution in [3.05, 3.63) is 28.8 Å². The number of fused-ring (bicyclic) bond motifs is 1. The first-order chi connectivity index (χ1) is 8.69. The van der Waals surface area contributed by atoms with Gasteiger partial charge in [0.05, 0.1) is 22.3 Å². The number of methoxy groups -OCH3 is 1. The highest BCUT2D eigenvalue weighted by Gasteiger charge is 2.27. The summed E-state index contributed by atoms with van der Waals surface area (Å²) < 4.78 is 5.54. The Kier molecular flexibility index (Phi) is 2.80. The summed E-state index contributed by atoms with van der Waals surface area (Å²) in [6.45, 7) is 0. The predicted octanol–water partition coefficient (Wildman–Crippen LogP) is 2.38. The molecule has 1 aliphatic carbocycles. The molecule has 1 unspecified atom stereocenters. The molecule has 1 fully saturated rings. The standard InChI is InChI=1S/C13H13NO3S/c1-17-13(16)11(15)8-4-5-9-10(6-8)18-12(14-9)7-2-3-7/h4-7,11,15H,2-3H2,1H3. The fourth-order valence-corrected chi connectivity index (χ4v) is 3.07. The highest BCUT2D eigenvalue weighted by atomic mass is 32.1. The number of esters is 1. The Morgan fingerprint density at radius 3 is 3.00 bits per heavy atom. The maximum atomic E-state index is 11.3. The van der Waals surface area contributed by atoms with E-state index in [4.69, 9.17) is 0 Å². The van der Waals surface area contributed by atoms with Gasteiger partial charge in [-0.05, 0) is 30.5 Å². The smallest absolute Gasteiger partial charge is 0.339 e. The molecule has 1 N–H and O–H groups in total. The van der Waals surface area contributed by atoms with Gasteiger partial charge in [0.15, 0.2) is 6.10 Å². The van der Waals surface area contributed by atoms with E-state index in [2.05, 4.69) is 9.72 Å². The predicted molar refractivity (Wildman–Crippen MR) is 68.6 cm³/mol. The van der Waals surface area contributed by atoms with E-state index in [1.807, 2.05) is 12.1 Å². The highest BCUT2D eigenvalue weighted by Crippen LogP contribution is 2.43. The maximum Gasteiger partial charge on any atom is 0.339 e. The Morgan fingerprint density at radius 1 is 1.56 bits per heavy atom. The summed E-state index contributed by atoms with van der Waals surface area (Å²) in [5, 5.41) is 10.9. The van der Waals surface area contributed by atoms with Crippen molar-refractivity contribution < 1.29 is 14.6 Å². The molecule has 5 heteroatoms. The molecule has 4 nitrogen and oxygen atoms in total. The van der Waals surface area contributed by atoms with Crippen LogP contribution in [0.2, 0.25) is 0 Å². The number of hydrogen-bond acceptors (Lipinski definition) is 5. The molecule has 0 amide bonds. The van der Waals surface area contributed by atoms with Gasteiger partial charge < -0.3 is 9.84 Å².